The van der Waals surface area contributed by atoms with Crippen molar-refractivity contribution < 1.29 is 56.0 Å². The lowest BCUT2D eigenvalue weighted by molar-refractivity contribution is -0.385. The standard InChI is InChI=1S/C23H32N2O6Si.C22H31N3O5Si.C14H11NO4/c1-4-29-32(30-5-2,31-6-3)16-10-15-24-23(26)22-18-21(25(27)28)14-13-20(22)17-19-11-8-7-9-12-19;1-4-28-31(29-5-2,30-6-3)15-7-12-24-18-21-17-22(25(26)27)9-8-20(21)16-19-10-13-23-14-11-19;16-14(17)13-9-12(15(18)19)7-6-11(13)8-10-4-2-1-3-5-10/h7-9,11-14,18H,4-6,10,15-17H2,1-3H3,(H,24,26);8-11,13-14,17-18H,4-7,12,15-16H2,1-3H3;1-7,9H,8H2,(H,16,17). The molecule has 6 aromatic rings. The van der Waals surface area contributed by atoms with Crippen molar-refractivity contribution in [3.63, 3.8) is 0 Å². The molecule has 0 aliphatic heterocycles. The van der Waals surface area contributed by atoms with E-state index in [1.165, 1.54) is 30.3 Å². The van der Waals surface area contributed by atoms with Crippen LogP contribution in [0.15, 0.2) is 145 Å². The quantitative estimate of drug-likeness (QED) is 0.0131. The second kappa shape index (κ2) is 35.9. The maximum Gasteiger partial charge on any atom is 0.500 e. The molecule has 0 saturated carbocycles. The minimum atomic E-state index is -2.77. The van der Waals surface area contributed by atoms with Gasteiger partial charge in [-0.1, -0.05) is 78.9 Å². The van der Waals surface area contributed by atoms with Crippen LogP contribution in [0.1, 0.15) is 114 Å². The number of carbonyl (C=O) groups excluding carboxylic acids is 1. The molecule has 0 saturated heterocycles. The molecule has 2 N–H and O–H groups in total. The van der Waals surface area contributed by atoms with E-state index in [4.69, 9.17) is 31.7 Å². The van der Waals surface area contributed by atoms with Crippen LogP contribution in [0.5, 0.6) is 0 Å². The van der Waals surface area contributed by atoms with Crippen molar-refractivity contribution in [1.82, 2.24) is 10.3 Å². The molecule has 0 atom stereocenters. The lowest BCUT2D eigenvalue weighted by atomic mass is 9.98. The number of nitro benzene ring substituents is 3. The fraction of sp³-hybridized carbons (Fsp3) is 0.356. The Morgan fingerprint density at radius 2 is 0.927 bits per heavy atom. The topological polar surface area (TPSA) is 276 Å². The number of aliphatic imine (C=N–C) groups is 1. The van der Waals surface area contributed by atoms with Gasteiger partial charge in [0.2, 0.25) is 0 Å². The highest BCUT2D eigenvalue weighted by Gasteiger charge is 2.40. The van der Waals surface area contributed by atoms with Gasteiger partial charge >= 0.3 is 23.6 Å². The van der Waals surface area contributed by atoms with E-state index < -0.39 is 33.4 Å². The molecule has 1 amide bonds. The average Bonchev–Trinajstić information content (AvgIpc) is 3.61. The fourth-order valence-electron chi connectivity index (χ4n) is 8.56. The number of non-ortho nitro benzene ring substituents is 3. The van der Waals surface area contributed by atoms with Crippen LogP contribution in [0, 0.1) is 30.3 Å². The molecular formula is C59H74N6O15Si2. The largest absolute Gasteiger partial charge is 0.500 e. The van der Waals surface area contributed by atoms with Crippen LogP contribution in [-0.4, -0.2) is 113 Å². The lowest BCUT2D eigenvalue weighted by Gasteiger charge is -2.28. The van der Waals surface area contributed by atoms with Gasteiger partial charge < -0.3 is 37.0 Å². The summed E-state index contributed by atoms with van der Waals surface area (Å²) in [5.41, 5.74) is 6.09. The second-order valence-corrected chi connectivity index (χ2v) is 23.4. The molecule has 0 spiro atoms. The maximum atomic E-state index is 12.9. The molecule has 6 rings (SSSR count). The minimum Gasteiger partial charge on any atom is -0.478 e. The zero-order chi connectivity index (χ0) is 59.8. The van der Waals surface area contributed by atoms with E-state index in [0.717, 1.165) is 45.9 Å². The van der Waals surface area contributed by atoms with Crippen LogP contribution in [0.4, 0.5) is 17.1 Å². The summed E-state index contributed by atoms with van der Waals surface area (Å²) in [4.78, 5) is 64.3. The predicted molar refractivity (Wildman–Crippen MR) is 317 cm³/mol. The van der Waals surface area contributed by atoms with Gasteiger partial charge in [-0.3, -0.25) is 45.1 Å². The van der Waals surface area contributed by atoms with Crippen molar-refractivity contribution in [2.75, 3.05) is 52.7 Å². The summed E-state index contributed by atoms with van der Waals surface area (Å²) in [6.45, 7) is 15.6. The molecule has 5 aromatic carbocycles. The van der Waals surface area contributed by atoms with Crippen LogP contribution in [-0.2, 0) is 45.8 Å². The van der Waals surface area contributed by atoms with Crippen LogP contribution in [0.25, 0.3) is 0 Å². The number of aromatic carboxylic acids is 1. The summed E-state index contributed by atoms with van der Waals surface area (Å²) < 4.78 is 35.1. The van der Waals surface area contributed by atoms with E-state index in [1.54, 1.807) is 36.8 Å². The van der Waals surface area contributed by atoms with E-state index >= 15 is 0 Å². The lowest BCUT2D eigenvalue weighted by Crippen LogP contribution is -2.46. The number of nitrogens with zero attached hydrogens (tertiary/aromatic N) is 5. The van der Waals surface area contributed by atoms with Gasteiger partial charge in [-0.25, -0.2) is 4.79 Å². The Kier molecular flexibility index (Phi) is 29.2. The normalized spacial score (nSPS) is 11.2. The Balaban J connectivity index is 0.000000273. The van der Waals surface area contributed by atoms with Crippen LogP contribution >= 0.6 is 0 Å². The van der Waals surface area contributed by atoms with Crippen molar-refractivity contribution >= 4 is 52.8 Å². The summed E-state index contributed by atoms with van der Waals surface area (Å²) in [6.07, 6.45) is 8.14. The number of aromatic nitrogens is 1. The number of benzene rings is 5. The van der Waals surface area contributed by atoms with Crippen molar-refractivity contribution in [3.05, 3.63) is 220 Å². The molecule has 0 aliphatic rings. The molecule has 82 heavy (non-hydrogen) atoms. The first-order valence-electron chi connectivity index (χ1n) is 27.2. The molecule has 1 heterocycles. The van der Waals surface area contributed by atoms with E-state index in [9.17, 15) is 39.9 Å². The molecule has 23 heteroatoms. The van der Waals surface area contributed by atoms with E-state index in [-0.39, 0.29) is 33.5 Å². The highest BCUT2D eigenvalue weighted by molar-refractivity contribution is 6.61. The highest BCUT2D eigenvalue weighted by Crippen LogP contribution is 2.25. The summed E-state index contributed by atoms with van der Waals surface area (Å²) in [5.74, 6) is -1.49. The molecule has 0 radical (unpaired) electrons. The first kappa shape index (κ1) is 66.8. The van der Waals surface area contributed by atoms with Crippen molar-refractivity contribution in [1.29, 1.82) is 0 Å². The van der Waals surface area contributed by atoms with Gasteiger partial charge in [0.25, 0.3) is 23.0 Å². The third-order valence-electron chi connectivity index (χ3n) is 12.2. The SMILES string of the molecule is CCO[Si](CCCN=Cc1cc([N+](=O)[O-])ccc1Cc1ccncc1)(OCC)OCC.CCO[Si](CCCNC(=O)c1cc([N+](=O)[O-])ccc1Cc1ccccc1)(OCC)OCC.O=C(O)c1cc([N+](=O)[O-])ccc1Cc1ccccc1. The van der Waals surface area contributed by atoms with E-state index in [2.05, 4.69) is 15.3 Å². The monoisotopic (exact) mass is 1160 g/mol. The smallest absolute Gasteiger partial charge is 0.478 e. The Morgan fingerprint density at radius 1 is 0.537 bits per heavy atom. The highest BCUT2D eigenvalue weighted by atomic mass is 28.4. The average molecular weight is 1160 g/mol. The number of hydrogen-bond donors (Lipinski definition) is 2. The number of carboxylic acid groups (broad SMARTS) is 1. The first-order chi connectivity index (χ1) is 39.5. The first-order valence-corrected chi connectivity index (χ1v) is 31.1. The third-order valence-corrected chi connectivity index (χ3v) is 18.5. The van der Waals surface area contributed by atoms with Gasteiger partial charge in [0.05, 0.1) is 20.3 Å². The Bertz CT molecular complexity index is 2950. The molecule has 0 fully saturated rings. The van der Waals surface area contributed by atoms with Crippen LogP contribution in [0.3, 0.4) is 0 Å². The minimum absolute atomic E-state index is 0.0296. The van der Waals surface area contributed by atoms with Crippen LogP contribution < -0.4 is 5.32 Å². The molecule has 438 valence electrons. The van der Waals surface area contributed by atoms with Crippen molar-refractivity contribution in [2.45, 2.75) is 85.7 Å². The van der Waals surface area contributed by atoms with Gasteiger partial charge in [0, 0.05) is 131 Å². The number of hydrogen-bond acceptors (Lipinski definition) is 16. The molecule has 21 nitrogen and oxygen atoms in total. The molecule has 1 aromatic heterocycles. The third kappa shape index (κ3) is 22.3. The second-order valence-electron chi connectivity index (χ2n) is 18.0. The predicted octanol–water partition coefficient (Wildman–Crippen LogP) is 11.7. The van der Waals surface area contributed by atoms with Gasteiger partial charge in [-0.2, -0.15) is 0 Å². The van der Waals surface area contributed by atoms with Gasteiger partial charge in [0.1, 0.15) is 0 Å². The van der Waals surface area contributed by atoms with Crippen molar-refractivity contribution in [3.8, 4) is 0 Å². The summed E-state index contributed by atoms with van der Waals surface area (Å²) in [5, 5.41) is 45.1. The van der Waals surface area contributed by atoms with Gasteiger partial charge in [-0.05, 0) is 119 Å². The maximum absolute atomic E-state index is 12.9. The Hall–Kier alpha value is -7.75. The summed E-state index contributed by atoms with van der Waals surface area (Å²) in [6, 6.07) is 37.4. The number of pyridine rings is 1. The number of carboxylic acids is 1. The number of nitro groups is 3. The van der Waals surface area contributed by atoms with Crippen LogP contribution in [0.2, 0.25) is 12.1 Å². The molecule has 0 aliphatic carbocycles. The summed E-state index contributed by atoms with van der Waals surface area (Å²) in [7, 11) is -5.45. The van der Waals surface area contributed by atoms with E-state index in [1.807, 2.05) is 114 Å². The zero-order valence-electron chi connectivity index (χ0n) is 47.4. The molecule has 0 unspecified atom stereocenters. The molecular weight excluding hydrogens is 1090 g/mol. The Morgan fingerprint density at radius 3 is 1.37 bits per heavy atom. The number of rotatable bonds is 32. The number of carbonyl (C=O) groups is 2. The zero-order valence-corrected chi connectivity index (χ0v) is 49.4. The molecule has 0 bridgehead atoms. The fourth-order valence-corrected chi connectivity index (χ4v) is 13.8. The number of nitrogens with one attached hydrogen (secondary N) is 1. The number of amides is 1. The van der Waals surface area contributed by atoms with Crippen molar-refractivity contribution in [2.24, 2.45) is 4.99 Å². The van der Waals surface area contributed by atoms with E-state index in [0.29, 0.717) is 102 Å². The van der Waals surface area contributed by atoms with Gasteiger partial charge in [0.15, 0.2) is 0 Å². The summed E-state index contributed by atoms with van der Waals surface area (Å²) >= 11 is 0. The van der Waals surface area contributed by atoms with Gasteiger partial charge in [-0.15, -0.1) is 0 Å². The Labute approximate surface area is 480 Å².